The highest BCUT2D eigenvalue weighted by Crippen LogP contribution is 2.56. The molecular formula is C105H122F9N17O10. The van der Waals surface area contributed by atoms with E-state index >= 15 is 4.39 Å². The maximum atomic E-state index is 15.3. The first-order valence-corrected chi connectivity index (χ1v) is 47.6. The van der Waals surface area contributed by atoms with Crippen LogP contribution in [0.5, 0.6) is 5.75 Å². The Morgan fingerprint density at radius 3 is 1.38 bits per heavy atom. The Labute approximate surface area is 811 Å². The third kappa shape index (κ3) is 22.1. The van der Waals surface area contributed by atoms with Crippen LogP contribution in [0, 0.1) is 74.3 Å². The number of hydrogen-bond acceptors (Lipinski definition) is 17. The number of aromatic nitrogens is 10. The fourth-order valence-corrected chi connectivity index (χ4v) is 19.0. The molecule has 5 heterocycles. The van der Waals surface area contributed by atoms with Gasteiger partial charge in [0.1, 0.15) is 51.4 Å². The number of imidazole rings is 5. The lowest BCUT2D eigenvalue weighted by Gasteiger charge is -2.47. The summed E-state index contributed by atoms with van der Waals surface area (Å²) in [5.74, 6) is -9.10. The van der Waals surface area contributed by atoms with E-state index in [2.05, 4.69) is 77.5 Å². The molecule has 141 heavy (non-hydrogen) atoms. The molecule has 4 atom stereocenters. The molecule has 9 N–H and O–H groups in total. The van der Waals surface area contributed by atoms with E-state index in [1.165, 1.54) is 46.1 Å². The lowest BCUT2D eigenvalue weighted by Crippen LogP contribution is -2.60. The highest BCUT2D eigenvalue weighted by atomic mass is 19.3. The van der Waals surface area contributed by atoms with Crippen molar-refractivity contribution in [1.82, 2.24) is 47.8 Å². The third-order valence-electron chi connectivity index (χ3n) is 27.7. The first-order valence-electron chi connectivity index (χ1n) is 47.6. The minimum absolute atomic E-state index is 0.00114. The van der Waals surface area contributed by atoms with Crippen LogP contribution >= 0.6 is 0 Å². The summed E-state index contributed by atoms with van der Waals surface area (Å²) < 4.78 is 142. The van der Waals surface area contributed by atoms with E-state index in [0.29, 0.717) is 68.4 Å². The molecule has 6 aliphatic rings. The molecule has 7 aromatic carbocycles. The number of carbonyl (C=O) groups is 5. The summed E-state index contributed by atoms with van der Waals surface area (Å²) >= 11 is 0. The van der Waals surface area contributed by atoms with E-state index in [1.807, 2.05) is 79.5 Å². The zero-order valence-electron chi connectivity index (χ0n) is 82.1. The van der Waals surface area contributed by atoms with Crippen LogP contribution in [-0.2, 0) is 57.5 Å². The number of halogens is 9. The molecule has 5 amide bonds. The molecule has 4 unspecified atom stereocenters. The molecule has 0 saturated heterocycles. The van der Waals surface area contributed by atoms with Crippen LogP contribution in [0.1, 0.15) is 290 Å². The molecule has 18 rings (SSSR count). The lowest BCUT2D eigenvalue weighted by atomic mass is 9.67. The van der Waals surface area contributed by atoms with Gasteiger partial charge in [0.15, 0.2) is 23.1 Å². The van der Waals surface area contributed by atoms with E-state index in [1.54, 1.807) is 84.5 Å². The Morgan fingerprint density at radius 1 is 0.440 bits per heavy atom. The molecule has 750 valence electrons. The van der Waals surface area contributed by atoms with Crippen molar-refractivity contribution in [3.63, 3.8) is 0 Å². The van der Waals surface area contributed by atoms with Gasteiger partial charge in [-0.1, -0.05) is 84.0 Å². The summed E-state index contributed by atoms with van der Waals surface area (Å²) in [5.41, 5.74) is -4.19. The third-order valence-corrected chi connectivity index (χ3v) is 27.7. The zero-order chi connectivity index (χ0) is 103. The zero-order valence-corrected chi connectivity index (χ0v) is 82.1. The van der Waals surface area contributed by atoms with Crippen LogP contribution in [0.4, 0.5) is 69.3 Å². The molecule has 0 radical (unpaired) electrons. The second-order valence-corrected chi connectivity index (χ2v) is 42.8. The van der Waals surface area contributed by atoms with Crippen molar-refractivity contribution >= 4 is 114 Å². The summed E-state index contributed by atoms with van der Waals surface area (Å²) in [6, 6.07) is 34.6. The number of rotatable bonds is 23. The number of fused-ring (bicyclic) bond motifs is 5. The highest BCUT2D eigenvalue weighted by Gasteiger charge is 2.67. The lowest BCUT2D eigenvalue weighted by molar-refractivity contribution is -0.242. The first-order chi connectivity index (χ1) is 66.0. The van der Waals surface area contributed by atoms with Gasteiger partial charge in [0.25, 0.3) is 5.92 Å². The van der Waals surface area contributed by atoms with Gasteiger partial charge in [0.2, 0.25) is 59.3 Å². The number of alkyl halides is 3. The number of aliphatic hydroxyl groups is 4. The second kappa shape index (κ2) is 39.6. The number of amides is 5. The average Bonchev–Trinajstić information content (AvgIpc) is 1.74. The maximum absolute atomic E-state index is 15.3. The van der Waals surface area contributed by atoms with Crippen LogP contribution < -0.4 is 31.3 Å². The molecule has 27 nitrogen and oxygen atoms in total. The van der Waals surface area contributed by atoms with Crippen molar-refractivity contribution in [2.24, 2.45) is 16.7 Å². The SMILES string of the molecule is CC(C)(C)CC(=O)Nc1nc2cc(F)c(C(C)(C)O)c(F)c2n1C1CCC1.CC(C)(O)c1cc(F)c2nc(NC(=O)CC3CC(F)(F)C3(C)F)n(C3CCC3)c2c1.CC(O)(CC(=O)Nc1nc2ccc(C#N)cc2n1C1(C)CCC1)c1c(F)cccc1F.CC(O)(CC(=O)Nc1nc2cccc(C#N)c2n1C1(C)CCC1)c1ccccc1.COc1cc(F)c2nc(NC(=O)CC(C)(C)C)n(C3CCC3)c2c1. The van der Waals surface area contributed by atoms with Crippen LogP contribution in [0.15, 0.2) is 115 Å². The largest absolute Gasteiger partial charge is 0.497 e. The quantitative estimate of drug-likeness (QED) is 0.0269. The predicted octanol–water partition coefficient (Wildman–Crippen LogP) is 22.1. The van der Waals surface area contributed by atoms with Gasteiger partial charge in [0, 0.05) is 79.0 Å². The van der Waals surface area contributed by atoms with Gasteiger partial charge in [-0.05, 0) is 235 Å². The van der Waals surface area contributed by atoms with Gasteiger partial charge >= 0.3 is 0 Å². The molecular weight excluding hydrogens is 1830 g/mol. The molecule has 0 bridgehead atoms. The summed E-state index contributed by atoms with van der Waals surface area (Å²) in [6.45, 7) is 25.5. The van der Waals surface area contributed by atoms with Crippen molar-refractivity contribution in [2.75, 3.05) is 33.7 Å². The number of methoxy groups -OCH3 is 1. The Bertz CT molecular complexity index is 6860. The Hall–Kier alpha value is -12.8. The Kier molecular flexibility index (Phi) is 29.2. The number of carbonyl (C=O) groups excluding carboxylic acids is 5. The van der Waals surface area contributed by atoms with Crippen LogP contribution in [-0.4, -0.2) is 116 Å². The van der Waals surface area contributed by atoms with Crippen molar-refractivity contribution in [3.05, 3.63) is 184 Å². The number of hydrogen-bond donors (Lipinski definition) is 9. The van der Waals surface area contributed by atoms with Crippen molar-refractivity contribution in [1.29, 1.82) is 10.5 Å². The summed E-state index contributed by atoms with van der Waals surface area (Å²) in [7, 11) is 1.51. The molecule has 6 aliphatic carbocycles. The van der Waals surface area contributed by atoms with Crippen LogP contribution in [0.25, 0.3) is 55.2 Å². The molecule has 6 fully saturated rings. The Balaban J connectivity index is 0.000000141. The summed E-state index contributed by atoms with van der Waals surface area (Å²) in [4.78, 5) is 84.8. The van der Waals surface area contributed by atoms with Gasteiger partial charge in [-0.2, -0.15) is 10.5 Å². The number of para-hydroxylation sites is 1. The van der Waals surface area contributed by atoms with Gasteiger partial charge in [0.05, 0.1) is 104 Å². The molecule has 5 aromatic heterocycles. The molecule has 36 heteroatoms. The predicted molar refractivity (Wildman–Crippen MR) is 518 cm³/mol. The second-order valence-electron chi connectivity index (χ2n) is 42.8. The van der Waals surface area contributed by atoms with Crippen LogP contribution in [0.3, 0.4) is 0 Å². The number of nitrogens with zero attached hydrogens (tertiary/aromatic N) is 12. The van der Waals surface area contributed by atoms with E-state index in [-0.39, 0.29) is 116 Å². The number of nitrogens with one attached hydrogen (secondary N) is 5. The van der Waals surface area contributed by atoms with Crippen molar-refractivity contribution < 1.29 is 88.6 Å². The highest BCUT2D eigenvalue weighted by molar-refractivity contribution is 5.97. The van der Waals surface area contributed by atoms with Crippen molar-refractivity contribution in [3.8, 4) is 17.9 Å². The first kappa shape index (κ1) is 104. The van der Waals surface area contributed by atoms with E-state index < -0.39 is 111 Å². The summed E-state index contributed by atoms with van der Waals surface area (Å²) in [6.07, 6.45) is 13.2. The van der Waals surface area contributed by atoms with Gasteiger partial charge in [-0.15, -0.1) is 0 Å². The molecule has 0 aliphatic heterocycles. The van der Waals surface area contributed by atoms with E-state index in [4.69, 9.17) is 4.74 Å². The minimum Gasteiger partial charge on any atom is -0.497 e. The summed E-state index contributed by atoms with van der Waals surface area (Å²) in [5, 5.41) is 74.6. The van der Waals surface area contributed by atoms with E-state index in [9.17, 15) is 90.0 Å². The number of ether oxygens (including phenoxy) is 1. The standard InChI is InChI=1S/C23H22F2N4O2.C23H24N4O2.C21H25F4N3O2.C20H27F2N3O2.C18H24FN3O2/c1-22(9-4-10-22)29-18-11-14(13-26)7-8-17(18)27-21(29)28-19(30)12-23(2,31)20-15(24)5-3-6-16(20)25;1-22(12-7-13-22)27-20-16(15-24)8-6-11-18(20)25-21(27)26-19(28)14-23(2,29)17-9-4-3-5-10-17;1-19(2,30)11-7-14(22)17-15(8-11)28(13-5-4-6-13)18(27-17)26-16(29)9-12-10-21(24,25)20(12,3)23;1-19(2,3)10-14(26)24-18-23-13-9-12(21)15(20(4,5)27)16(22)17(13)25(18)11-7-6-8-11;1-18(2,3)10-15(23)20-17-21-16-13(19)8-12(24-4)9-14(16)22(17)11-6-5-7-11/h3,5-8,11,31H,4,9-10,12H2,1-2H3,(H,27,28,30);3-6,8-11,29H,7,12-14H2,1-2H3,(H,25,26,28);7-8,12-13,30H,4-6,9-10H2,1-3H3,(H,26,27,29);9,11,27H,6-8,10H2,1-5H3,(H,23,24,26);8-9,11H,5-7,10H2,1-4H3,(H,20,21,23). The smallest absolute Gasteiger partial charge is 0.281 e. The maximum Gasteiger partial charge on any atom is 0.281 e. The number of benzene rings is 7. The number of nitriles is 2. The van der Waals surface area contributed by atoms with Gasteiger partial charge in [-0.3, -0.25) is 50.6 Å². The van der Waals surface area contributed by atoms with Gasteiger partial charge in [-0.25, -0.2) is 64.4 Å². The van der Waals surface area contributed by atoms with Gasteiger partial charge < -0.3 is 48.0 Å². The fraction of sp³-hybridized carbons (Fsp3) is 0.486. The molecule has 0 spiro atoms. The monoisotopic (exact) mass is 1950 g/mol. The molecule has 6 saturated carbocycles. The number of anilines is 5. The normalized spacial score (nSPS) is 18.5. The molecule has 12 aromatic rings. The average molecular weight is 1950 g/mol. The van der Waals surface area contributed by atoms with Crippen molar-refractivity contribution in [2.45, 2.75) is 302 Å². The topological polar surface area (TPSA) is 372 Å². The van der Waals surface area contributed by atoms with Crippen LogP contribution in [0.2, 0.25) is 0 Å². The fourth-order valence-electron chi connectivity index (χ4n) is 19.0. The Morgan fingerprint density at radius 2 is 0.908 bits per heavy atom. The van der Waals surface area contributed by atoms with E-state index in [0.717, 1.165) is 132 Å². The minimum atomic E-state index is -3.44.